The van der Waals surface area contributed by atoms with Gasteiger partial charge in [-0.3, -0.25) is 14.4 Å². The topological polar surface area (TPSA) is 54.3 Å². The van der Waals surface area contributed by atoms with Crippen molar-refractivity contribution in [3.63, 3.8) is 0 Å². The lowest BCUT2D eigenvalue weighted by atomic mass is 10.1. The first-order valence-electron chi connectivity index (χ1n) is 9.69. The number of fused-ring (bicyclic) bond motifs is 1. The Morgan fingerprint density at radius 1 is 1.10 bits per heavy atom. The summed E-state index contributed by atoms with van der Waals surface area (Å²) >= 11 is 0. The highest BCUT2D eigenvalue weighted by molar-refractivity contribution is 5.94. The Hall–Kier alpha value is -2.94. The van der Waals surface area contributed by atoms with Crippen LogP contribution in [0.2, 0.25) is 0 Å². The highest BCUT2D eigenvalue weighted by atomic mass is 19.4. The van der Waals surface area contributed by atoms with E-state index < -0.39 is 11.7 Å². The van der Waals surface area contributed by atoms with Crippen LogP contribution in [0.25, 0.3) is 11.0 Å². The fourth-order valence-corrected chi connectivity index (χ4v) is 3.79. The van der Waals surface area contributed by atoms with E-state index in [1.165, 1.54) is 12.1 Å². The number of halogens is 3. The molecule has 1 saturated heterocycles. The lowest BCUT2D eigenvalue weighted by molar-refractivity contribution is -0.137. The minimum Gasteiger partial charge on any atom is -0.336 e. The predicted molar refractivity (Wildman–Crippen MR) is 106 cm³/mol. The van der Waals surface area contributed by atoms with Crippen molar-refractivity contribution < 1.29 is 18.0 Å². The van der Waals surface area contributed by atoms with Gasteiger partial charge in [-0.1, -0.05) is 0 Å². The van der Waals surface area contributed by atoms with Crippen molar-refractivity contribution in [2.24, 2.45) is 7.05 Å². The summed E-state index contributed by atoms with van der Waals surface area (Å²) in [6.07, 6.45) is -2.55. The number of hydrogen-bond acceptors (Lipinski definition) is 4. The standard InChI is InChI=1S/C21H22F3N5O/c1-14-18-11-15(12-25-19(18)27(2)26-14)13-28-7-9-29(10-8-28)20(30)16-3-5-17(6-4-16)21(22,23)24/h3-6,11-12H,7-10,13H2,1-2H3. The summed E-state index contributed by atoms with van der Waals surface area (Å²) in [6, 6.07) is 6.49. The van der Waals surface area contributed by atoms with Gasteiger partial charge in [0.05, 0.1) is 11.3 Å². The van der Waals surface area contributed by atoms with Gasteiger partial charge in [0.15, 0.2) is 5.65 Å². The van der Waals surface area contributed by atoms with E-state index in [2.05, 4.69) is 21.0 Å². The predicted octanol–water partition coefficient (Wildman–Crippen LogP) is 3.25. The summed E-state index contributed by atoms with van der Waals surface area (Å²) in [5.41, 5.74) is 2.40. The fourth-order valence-electron chi connectivity index (χ4n) is 3.79. The SMILES string of the molecule is Cc1nn(C)c2ncc(CN3CCN(C(=O)c4ccc(C(F)(F)F)cc4)CC3)cc12. The minimum atomic E-state index is -4.40. The molecule has 1 aliphatic rings. The maximum atomic E-state index is 12.7. The number of aryl methyl sites for hydroxylation is 2. The molecule has 0 N–H and O–H groups in total. The Morgan fingerprint density at radius 3 is 2.40 bits per heavy atom. The first-order valence-corrected chi connectivity index (χ1v) is 9.69. The molecule has 158 valence electrons. The van der Waals surface area contributed by atoms with Gasteiger partial charge in [-0.25, -0.2) is 4.98 Å². The summed E-state index contributed by atoms with van der Waals surface area (Å²) in [7, 11) is 1.87. The van der Waals surface area contributed by atoms with Crippen LogP contribution in [-0.4, -0.2) is 56.7 Å². The number of aromatic nitrogens is 3. The van der Waals surface area contributed by atoms with Gasteiger partial charge in [0.25, 0.3) is 5.91 Å². The molecule has 0 bridgehead atoms. The van der Waals surface area contributed by atoms with Crippen molar-refractivity contribution in [3.8, 4) is 0 Å². The number of alkyl halides is 3. The number of piperazine rings is 1. The number of rotatable bonds is 3. The first-order chi connectivity index (χ1) is 14.2. The summed E-state index contributed by atoms with van der Waals surface area (Å²) in [4.78, 5) is 21.0. The van der Waals surface area contributed by atoms with Crippen LogP contribution in [0, 0.1) is 6.92 Å². The van der Waals surface area contributed by atoms with Crippen molar-refractivity contribution in [3.05, 3.63) is 58.9 Å². The molecule has 0 spiro atoms. The maximum Gasteiger partial charge on any atom is 0.416 e. The molecule has 1 amide bonds. The zero-order valence-corrected chi connectivity index (χ0v) is 16.8. The van der Waals surface area contributed by atoms with Gasteiger partial charge in [-0.2, -0.15) is 18.3 Å². The Labute approximate surface area is 171 Å². The summed E-state index contributed by atoms with van der Waals surface area (Å²) in [6.45, 7) is 5.12. The first kappa shape index (κ1) is 20.3. The Bertz CT molecular complexity index is 1070. The third kappa shape index (κ3) is 4.02. The average Bonchev–Trinajstić information content (AvgIpc) is 3.01. The second kappa shape index (κ2) is 7.71. The lowest BCUT2D eigenvalue weighted by Gasteiger charge is -2.34. The van der Waals surface area contributed by atoms with E-state index in [9.17, 15) is 18.0 Å². The number of benzene rings is 1. The van der Waals surface area contributed by atoms with Crippen LogP contribution >= 0.6 is 0 Å². The van der Waals surface area contributed by atoms with E-state index in [4.69, 9.17) is 0 Å². The summed E-state index contributed by atoms with van der Waals surface area (Å²) in [5, 5.41) is 5.42. The van der Waals surface area contributed by atoms with Crippen molar-refractivity contribution in [1.82, 2.24) is 24.6 Å². The number of hydrogen-bond donors (Lipinski definition) is 0. The maximum absolute atomic E-state index is 12.7. The molecule has 1 fully saturated rings. The molecule has 1 aliphatic heterocycles. The molecular weight excluding hydrogens is 395 g/mol. The van der Waals surface area contributed by atoms with Crippen LogP contribution in [0.4, 0.5) is 13.2 Å². The molecule has 0 aliphatic carbocycles. The van der Waals surface area contributed by atoms with Crippen LogP contribution in [0.1, 0.15) is 27.2 Å². The molecule has 30 heavy (non-hydrogen) atoms. The number of nitrogens with zero attached hydrogens (tertiary/aromatic N) is 5. The van der Waals surface area contributed by atoms with E-state index in [0.29, 0.717) is 26.2 Å². The van der Waals surface area contributed by atoms with Gasteiger partial charge >= 0.3 is 6.18 Å². The van der Waals surface area contributed by atoms with E-state index in [-0.39, 0.29) is 11.5 Å². The second-order valence-corrected chi connectivity index (χ2v) is 7.57. The van der Waals surface area contributed by atoms with E-state index >= 15 is 0 Å². The molecule has 9 heteroatoms. The smallest absolute Gasteiger partial charge is 0.336 e. The van der Waals surface area contributed by atoms with Gasteiger partial charge in [0, 0.05) is 56.9 Å². The van der Waals surface area contributed by atoms with Crippen molar-refractivity contribution in [2.45, 2.75) is 19.6 Å². The van der Waals surface area contributed by atoms with Gasteiger partial charge in [-0.05, 0) is 42.8 Å². The minimum absolute atomic E-state index is 0.238. The number of carbonyl (C=O) groups excluding carboxylic acids is 1. The third-order valence-electron chi connectivity index (χ3n) is 5.44. The zero-order chi connectivity index (χ0) is 21.5. The van der Waals surface area contributed by atoms with Crippen molar-refractivity contribution in [1.29, 1.82) is 0 Å². The zero-order valence-electron chi connectivity index (χ0n) is 16.8. The Balaban J connectivity index is 1.37. The normalized spacial score (nSPS) is 15.7. The number of pyridine rings is 1. The van der Waals surface area contributed by atoms with Crippen LogP contribution in [0.3, 0.4) is 0 Å². The molecule has 2 aromatic heterocycles. The molecule has 1 aromatic carbocycles. The highest BCUT2D eigenvalue weighted by Gasteiger charge is 2.30. The van der Waals surface area contributed by atoms with Crippen LogP contribution in [0.5, 0.6) is 0 Å². The molecule has 3 aromatic rings. The molecule has 3 heterocycles. The lowest BCUT2D eigenvalue weighted by Crippen LogP contribution is -2.48. The average molecular weight is 417 g/mol. The number of carbonyl (C=O) groups is 1. The largest absolute Gasteiger partial charge is 0.416 e. The number of amides is 1. The summed E-state index contributed by atoms with van der Waals surface area (Å²) < 4.78 is 39.9. The Kier molecular flexibility index (Phi) is 5.23. The van der Waals surface area contributed by atoms with Crippen LogP contribution in [0.15, 0.2) is 36.5 Å². The van der Waals surface area contributed by atoms with Gasteiger partial charge in [0.1, 0.15) is 0 Å². The molecular formula is C21H22F3N5O. The summed E-state index contributed by atoms with van der Waals surface area (Å²) in [5.74, 6) is -0.238. The quantitative estimate of drug-likeness (QED) is 0.657. The Morgan fingerprint density at radius 2 is 1.77 bits per heavy atom. The molecule has 0 radical (unpaired) electrons. The molecule has 0 saturated carbocycles. The highest BCUT2D eigenvalue weighted by Crippen LogP contribution is 2.29. The van der Waals surface area contributed by atoms with Crippen LogP contribution < -0.4 is 0 Å². The molecule has 0 unspecified atom stereocenters. The van der Waals surface area contributed by atoms with Crippen molar-refractivity contribution in [2.75, 3.05) is 26.2 Å². The fraction of sp³-hybridized carbons (Fsp3) is 0.381. The molecule has 4 rings (SSSR count). The van der Waals surface area contributed by atoms with Gasteiger partial charge in [-0.15, -0.1) is 0 Å². The van der Waals surface area contributed by atoms with Crippen molar-refractivity contribution >= 4 is 16.9 Å². The molecule has 0 atom stereocenters. The van der Waals surface area contributed by atoms with E-state index in [1.807, 2.05) is 20.2 Å². The van der Waals surface area contributed by atoms with E-state index in [1.54, 1.807) is 9.58 Å². The monoisotopic (exact) mass is 417 g/mol. The second-order valence-electron chi connectivity index (χ2n) is 7.57. The van der Waals surface area contributed by atoms with Crippen LogP contribution in [-0.2, 0) is 19.8 Å². The van der Waals surface area contributed by atoms with E-state index in [0.717, 1.165) is 41.0 Å². The third-order valence-corrected chi connectivity index (χ3v) is 5.44. The molecule has 6 nitrogen and oxygen atoms in total. The van der Waals surface area contributed by atoms with Gasteiger partial charge < -0.3 is 4.90 Å². The van der Waals surface area contributed by atoms with Gasteiger partial charge in [0.2, 0.25) is 0 Å².